The van der Waals surface area contributed by atoms with Gasteiger partial charge in [0.25, 0.3) is 0 Å². The van der Waals surface area contributed by atoms with Crippen LogP contribution in [0.25, 0.3) is 44.9 Å². The van der Waals surface area contributed by atoms with Gasteiger partial charge >= 0.3 is 0 Å². The van der Waals surface area contributed by atoms with Gasteiger partial charge in [0.15, 0.2) is 23.3 Å². The van der Waals surface area contributed by atoms with Crippen LogP contribution in [0, 0.1) is 29.6 Å². The molecule has 2 saturated carbocycles. The highest BCUT2D eigenvalue weighted by atomic mass is 16.3. The highest BCUT2D eigenvalue weighted by Crippen LogP contribution is 2.59. The lowest BCUT2D eigenvalue weighted by molar-refractivity contribution is -0.0159. The summed E-state index contributed by atoms with van der Waals surface area (Å²) in [4.78, 5) is 36.7. The van der Waals surface area contributed by atoms with Crippen LogP contribution >= 0.6 is 0 Å². The number of aliphatic hydroxyl groups is 8. The fourth-order valence-corrected chi connectivity index (χ4v) is 11.3. The van der Waals surface area contributed by atoms with Gasteiger partial charge in [-0.3, -0.25) is 0 Å². The molecular weight excluding hydrogens is 708 g/mol. The van der Waals surface area contributed by atoms with E-state index in [1.54, 1.807) is 6.07 Å². The van der Waals surface area contributed by atoms with E-state index in [0.717, 1.165) is 11.1 Å². The lowest BCUT2D eigenvalue weighted by Gasteiger charge is -2.40. The van der Waals surface area contributed by atoms with Crippen molar-refractivity contribution in [1.29, 1.82) is 0 Å². The SMILES string of the molecule is CC1C=CC(c2cc3nc4[nH]c(nc5nc(nc6nc(nc2[nH]3)C2=C6C3C=CC2C(O)C3O)C2=C5C3CC2C(O)C3O)c2c4C3CC2C(O)C3O)C(O)C1O. The Kier molecular flexibility index (Phi) is 6.46. The van der Waals surface area contributed by atoms with Gasteiger partial charge in [0.2, 0.25) is 0 Å². The molecule has 3 aromatic rings. The minimum Gasteiger partial charge on any atom is -0.390 e. The average Bonchev–Trinajstić information content (AvgIpc) is 4.04. The van der Waals surface area contributed by atoms with Crippen molar-refractivity contribution >= 4 is 44.9 Å². The number of H-pyrrole nitrogens is 2. The Bertz CT molecular complexity index is 2560. The third-order valence-electron chi connectivity index (χ3n) is 14.1. The predicted molar refractivity (Wildman–Crippen MR) is 193 cm³/mol. The molecule has 5 heterocycles. The molecule has 2 aliphatic heterocycles. The average molecular weight is 747 g/mol. The monoisotopic (exact) mass is 746 g/mol. The standard InChI is InChI=1S/C39H38N8O8/c1-9-2-3-10(26(49)25(9)48)13-8-18-40-33(13)42-35-19-11-4-5-12(28(51)27(11)50)20(19)36(44-35)45-38-23-16-7-17(32(55)31(16)54)24(23)39(47-38)46-37-22-15-6-14(29(52)30(15)53)21(22)34(41-18)43-37/h2-5,8-12,14-17,25-32,48-55H,6-7H2,1H3,(H2,40,41,42,43,44,45,46,47). The third kappa shape index (κ3) is 4.07. The topological polar surface area (TPSA) is 271 Å². The van der Waals surface area contributed by atoms with Crippen LogP contribution in [0.2, 0.25) is 0 Å². The van der Waals surface area contributed by atoms with Crippen LogP contribution in [0.4, 0.5) is 0 Å². The molecule has 14 bridgehead atoms. The van der Waals surface area contributed by atoms with Crippen molar-refractivity contribution in [3.8, 4) is 0 Å². The smallest absolute Gasteiger partial charge is 0.161 e. The van der Waals surface area contributed by atoms with Crippen molar-refractivity contribution in [2.45, 2.75) is 86.4 Å². The van der Waals surface area contributed by atoms with Gasteiger partial charge in [-0.25, -0.2) is 29.9 Å². The maximum absolute atomic E-state index is 11.4. The lowest BCUT2D eigenvalue weighted by Crippen LogP contribution is -2.45. The van der Waals surface area contributed by atoms with Gasteiger partial charge in [-0.2, -0.15) is 0 Å². The quantitative estimate of drug-likeness (QED) is 0.146. The van der Waals surface area contributed by atoms with E-state index in [4.69, 9.17) is 29.9 Å². The molecule has 2 fully saturated rings. The number of aliphatic hydroxyl groups excluding tert-OH is 8. The summed E-state index contributed by atoms with van der Waals surface area (Å²) in [5.41, 5.74) is 6.06. The Balaban J connectivity index is 1.19. The number of fused-ring (bicyclic) bond motifs is 22. The number of nitrogens with one attached hydrogen (secondary N) is 2. The molecule has 0 spiro atoms. The van der Waals surface area contributed by atoms with Crippen molar-refractivity contribution in [2.24, 2.45) is 29.6 Å². The van der Waals surface area contributed by atoms with Crippen molar-refractivity contribution in [1.82, 2.24) is 39.9 Å². The number of aromatic nitrogens is 8. The first-order valence-corrected chi connectivity index (χ1v) is 19.1. The van der Waals surface area contributed by atoms with E-state index >= 15 is 0 Å². The van der Waals surface area contributed by atoms with Crippen LogP contribution in [0.15, 0.2) is 30.4 Å². The van der Waals surface area contributed by atoms with Crippen LogP contribution in [-0.4, -0.2) is 130 Å². The van der Waals surface area contributed by atoms with Gasteiger partial charge < -0.3 is 50.8 Å². The van der Waals surface area contributed by atoms with E-state index in [1.165, 1.54) is 0 Å². The van der Waals surface area contributed by atoms with Crippen molar-refractivity contribution in [3.63, 3.8) is 0 Å². The first-order valence-electron chi connectivity index (χ1n) is 19.1. The molecule has 16 nitrogen and oxygen atoms in total. The highest BCUT2D eigenvalue weighted by Gasteiger charge is 2.56. The van der Waals surface area contributed by atoms with E-state index < -0.39 is 90.3 Å². The zero-order valence-corrected chi connectivity index (χ0v) is 29.3. The normalized spacial score (nSPS) is 41.5. The molecule has 8 aliphatic carbocycles. The summed E-state index contributed by atoms with van der Waals surface area (Å²) in [6.07, 6.45) is -0.125. The number of hydrogen-bond donors (Lipinski definition) is 10. The van der Waals surface area contributed by atoms with Crippen LogP contribution in [0.1, 0.15) is 77.5 Å². The van der Waals surface area contributed by atoms with Crippen molar-refractivity contribution in [3.05, 3.63) is 70.4 Å². The molecule has 0 amide bonds. The van der Waals surface area contributed by atoms with E-state index in [2.05, 4.69) is 9.97 Å². The van der Waals surface area contributed by atoms with Crippen LogP contribution < -0.4 is 0 Å². The fourth-order valence-electron chi connectivity index (χ4n) is 11.3. The zero-order valence-electron chi connectivity index (χ0n) is 29.3. The Hall–Kier alpha value is -4.52. The number of nitrogens with zero attached hydrogens (tertiary/aromatic N) is 6. The summed E-state index contributed by atoms with van der Waals surface area (Å²) < 4.78 is 0. The molecule has 16 atom stereocenters. The zero-order chi connectivity index (χ0) is 37.5. The molecule has 0 radical (unpaired) electrons. The maximum Gasteiger partial charge on any atom is 0.161 e. The van der Waals surface area contributed by atoms with E-state index in [9.17, 15) is 40.9 Å². The van der Waals surface area contributed by atoms with E-state index in [0.29, 0.717) is 69.1 Å². The lowest BCUT2D eigenvalue weighted by atomic mass is 9.68. The Morgan fingerprint density at radius 1 is 0.455 bits per heavy atom. The summed E-state index contributed by atoms with van der Waals surface area (Å²) >= 11 is 0. The van der Waals surface area contributed by atoms with E-state index in [-0.39, 0.29) is 23.4 Å². The largest absolute Gasteiger partial charge is 0.390 e. The molecule has 10 N–H and O–H groups in total. The predicted octanol–water partition coefficient (Wildman–Crippen LogP) is -0.0569. The molecule has 3 aromatic heterocycles. The second kappa shape index (κ2) is 10.9. The molecule has 16 unspecified atom stereocenters. The second-order valence-corrected chi connectivity index (χ2v) is 16.8. The van der Waals surface area contributed by atoms with Gasteiger partial charge in [0, 0.05) is 86.3 Å². The molecular formula is C39H38N8O8. The Morgan fingerprint density at radius 3 is 1.53 bits per heavy atom. The first kappa shape index (κ1) is 32.7. The summed E-state index contributed by atoms with van der Waals surface area (Å²) in [5, 5.41) is 89.0. The van der Waals surface area contributed by atoms with Crippen LogP contribution in [0.5, 0.6) is 0 Å². The number of rotatable bonds is 1. The first-order chi connectivity index (χ1) is 26.5. The molecule has 0 aromatic carbocycles. The highest BCUT2D eigenvalue weighted by molar-refractivity contribution is 5.99. The number of aromatic amines is 2. The maximum atomic E-state index is 11.4. The van der Waals surface area contributed by atoms with Crippen molar-refractivity contribution < 1.29 is 40.9 Å². The van der Waals surface area contributed by atoms with Gasteiger partial charge in [-0.15, -0.1) is 0 Å². The van der Waals surface area contributed by atoms with Crippen LogP contribution in [0.3, 0.4) is 0 Å². The summed E-state index contributed by atoms with van der Waals surface area (Å²) in [6.45, 7) is 1.82. The molecule has 16 heteroatoms. The molecule has 13 rings (SSSR count). The van der Waals surface area contributed by atoms with Gasteiger partial charge in [0.05, 0.1) is 48.8 Å². The van der Waals surface area contributed by atoms with Crippen molar-refractivity contribution in [2.75, 3.05) is 0 Å². The Labute approximate surface area is 311 Å². The molecule has 0 saturated heterocycles. The van der Waals surface area contributed by atoms with Gasteiger partial charge in [0.1, 0.15) is 22.6 Å². The summed E-state index contributed by atoms with van der Waals surface area (Å²) in [7, 11) is 0. The summed E-state index contributed by atoms with van der Waals surface area (Å²) in [5.74, 6) is -2.88. The molecule has 282 valence electrons. The molecule has 55 heavy (non-hydrogen) atoms. The van der Waals surface area contributed by atoms with Gasteiger partial charge in [-0.1, -0.05) is 31.2 Å². The minimum atomic E-state index is -1.16. The van der Waals surface area contributed by atoms with Crippen LogP contribution in [-0.2, 0) is 0 Å². The Morgan fingerprint density at radius 2 is 0.909 bits per heavy atom. The third-order valence-corrected chi connectivity index (χ3v) is 14.1. The summed E-state index contributed by atoms with van der Waals surface area (Å²) in [6, 6.07) is 1.76. The fraction of sp³-hybridized carbons (Fsp3) is 0.487. The van der Waals surface area contributed by atoms with Gasteiger partial charge in [-0.05, 0) is 18.9 Å². The second-order valence-electron chi connectivity index (χ2n) is 16.8. The number of hydrogen-bond acceptors (Lipinski definition) is 14. The minimum absolute atomic E-state index is 0.242. The molecule has 10 aliphatic rings. The van der Waals surface area contributed by atoms with E-state index in [1.807, 2.05) is 31.2 Å².